The summed E-state index contributed by atoms with van der Waals surface area (Å²) in [4.78, 5) is 12.1. The summed E-state index contributed by atoms with van der Waals surface area (Å²) in [5.74, 6) is 0.232. The maximum atomic E-state index is 12.1. The van der Waals surface area contributed by atoms with Gasteiger partial charge in [0.05, 0.1) is 5.54 Å². The molecule has 0 spiro atoms. The van der Waals surface area contributed by atoms with E-state index < -0.39 is 5.54 Å². The fourth-order valence-electron chi connectivity index (χ4n) is 1.85. The lowest BCUT2D eigenvalue weighted by Gasteiger charge is -2.33. The number of carbonyl (C=O) groups excluding carboxylic acids is 1. The summed E-state index contributed by atoms with van der Waals surface area (Å²) in [5, 5.41) is 12.0. The molecule has 1 aliphatic carbocycles. The van der Waals surface area contributed by atoms with Crippen molar-refractivity contribution < 1.29 is 9.90 Å². The van der Waals surface area contributed by atoms with Crippen LogP contribution in [-0.2, 0) is 4.79 Å². The van der Waals surface area contributed by atoms with Gasteiger partial charge in [-0.3, -0.25) is 4.79 Å². The third-order valence-electron chi connectivity index (χ3n) is 3.77. The topological polar surface area (TPSA) is 75.3 Å². The number of rotatable bonds is 6. The van der Waals surface area contributed by atoms with Crippen LogP contribution >= 0.6 is 0 Å². The molecule has 0 aliphatic heterocycles. The highest BCUT2D eigenvalue weighted by Gasteiger charge is 2.45. The van der Waals surface area contributed by atoms with Crippen LogP contribution in [0.3, 0.4) is 0 Å². The summed E-state index contributed by atoms with van der Waals surface area (Å²) in [6.07, 6.45) is 3.45. The summed E-state index contributed by atoms with van der Waals surface area (Å²) in [5.41, 5.74) is 4.95. The summed E-state index contributed by atoms with van der Waals surface area (Å²) in [7, 11) is 0. The Labute approximate surface area is 97.6 Å². The second kappa shape index (κ2) is 4.72. The van der Waals surface area contributed by atoms with Crippen LogP contribution in [0.1, 0.15) is 46.5 Å². The van der Waals surface area contributed by atoms with Gasteiger partial charge < -0.3 is 16.2 Å². The molecule has 4 heteroatoms. The Morgan fingerprint density at radius 3 is 2.44 bits per heavy atom. The molecule has 16 heavy (non-hydrogen) atoms. The van der Waals surface area contributed by atoms with Crippen molar-refractivity contribution in [3.05, 3.63) is 0 Å². The van der Waals surface area contributed by atoms with Crippen molar-refractivity contribution in [3.63, 3.8) is 0 Å². The molecular formula is C12H24N2O2. The molecule has 0 aromatic heterocycles. The molecule has 1 rings (SSSR count). The van der Waals surface area contributed by atoms with Crippen LogP contribution in [0.25, 0.3) is 0 Å². The Kier molecular flexibility index (Phi) is 3.97. The molecule has 2 atom stereocenters. The molecule has 0 bridgehead atoms. The second-order valence-corrected chi connectivity index (χ2v) is 5.40. The van der Waals surface area contributed by atoms with Crippen LogP contribution in [0.15, 0.2) is 0 Å². The minimum Gasteiger partial charge on any atom is -0.396 e. The van der Waals surface area contributed by atoms with Crippen LogP contribution < -0.4 is 11.1 Å². The first-order chi connectivity index (χ1) is 7.35. The van der Waals surface area contributed by atoms with Gasteiger partial charge in [-0.1, -0.05) is 6.92 Å². The zero-order valence-corrected chi connectivity index (χ0v) is 10.5. The van der Waals surface area contributed by atoms with Gasteiger partial charge in [0.15, 0.2) is 0 Å². The van der Waals surface area contributed by atoms with E-state index in [4.69, 9.17) is 10.8 Å². The Morgan fingerprint density at radius 2 is 2.06 bits per heavy atom. The van der Waals surface area contributed by atoms with E-state index in [2.05, 4.69) is 5.32 Å². The van der Waals surface area contributed by atoms with E-state index in [0.717, 1.165) is 19.3 Å². The van der Waals surface area contributed by atoms with E-state index in [9.17, 15) is 4.79 Å². The minimum absolute atomic E-state index is 0.0787. The maximum absolute atomic E-state index is 12.1. The van der Waals surface area contributed by atoms with Crippen LogP contribution in [0, 0.1) is 5.92 Å². The molecule has 94 valence electrons. The molecule has 0 heterocycles. The first kappa shape index (κ1) is 13.5. The molecule has 1 fully saturated rings. The van der Waals surface area contributed by atoms with Gasteiger partial charge >= 0.3 is 0 Å². The molecule has 1 aliphatic rings. The standard InChI is InChI=1S/C12H24N2O2/c1-4-11(2,7-8-15)14-10(16)12(3,13)9-5-6-9/h9,15H,4-8,13H2,1-3H3,(H,14,16). The Bertz CT molecular complexity index is 262. The highest BCUT2D eigenvalue weighted by atomic mass is 16.3. The van der Waals surface area contributed by atoms with Gasteiger partial charge in [0.2, 0.25) is 5.91 Å². The van der Waals surface area contributed by atoms with E-state index in [0.29, 0.717) is 12.3 Å². The van der Waals surface area contributed by atoms with Crippen molar-refractivity contribution in [2.75, 3.05) is 6.61 Å². The van der Waals surface area contributed by atoms with Gasteiger partial charge in [0.1, 0.15) is 0 Å². The van der Waals surface area contributed by atoms with Crippen LogP contribution in [0.5, 0.6) is 0 Å². The molecule has 4 nitrogen and oxygen atoms in total. The number of hydrogen-bond acceptors (Lipinski definition) is 3. The van der Waals surface area contributed by atoms with Gasteiger partial charge in [-0.2, -0.15) is 0 Å². The zero-order valence-electron chi connectivity index (χ0n) is 10.5. The predicted molar refractivity (Wildman–Crippen MR) is 63.9 cm³/mol. The van der Waals surface area contributed by atoms with Gasteiger partial charge in [0.25, 0.3) is 0 Å². The van der Waals surface area contributed by atoms with Crippen molar-refractivity contribution in [2.24, 2.45) is 11.7 Å². The van der Waals surface area contributed by atoms with Gasteiger partial charge in [0, 0.05) is 12.1 Å². The van der Waals surface area contributed by atoms with Crippen LogP contribution in [0.4, 0.5) is 0 Å². The fourth-order valence-corrected chi connectivity index (χ4v) is 1.85. The first-order valence-corrected chi connectivity index (χ1v) is 6.08. The highest BCUT2D eigenvalue weighted by molar-refractivity contribution is 5.87. The van der Waals surface area contributed by atoms with Crippen LogP contribution in [-0.4, -0.2) is 28.7 Å². The van der Waals surface area contributed by atoms with Gasteiger partial charge in [-0.05, 0) is 45.4 Å². The van der Waals surface area contributed by atoms with Crippen LogP contribution in [0.2, 0.25) is 0 Å². The Balaban J connectivity index is 2.60. The molecule has 0 aromatic carbocycles. The van der Waals surface area contributed by atoms with E-state index in [1.807, 2.05) is 13.8 Å². The number of hydrogen-bond donors (Lipinski definition) is 3. The summed E-state index contributed by atoms with van der Waals surface area (Å²) in [6, 6.07) is 0. The van der Waals surface area contributed by atoms with E-state index in [1.54, 1.807) is 6.92 Å². The molecule has 2 unspecified atom stereocenters. The normalized spacial score (nSPS) is 23.3. The monoisotopic (exact) mass is 228 g/mol. The van der Waals surface area contributed by atoms with Gasteiger partial charge in [-0.15, -0.1) is 0 Å². The quantitative estimate of drug-likeness (QED) is 0.629. The molecule has 0 radical (unpaired) electrons. The van der Waals surface area contributed by atoms with E-state index in [-0.39, 0.29) is 18.1 Å². The molecule has 0 aromatic rings. The molecule has 1 saturated carbocycles. The third kappa shape index (κ3) is 2.95. The molecule has 1 amide bonds. The highest BCUT2D eigenvalue weighted by Crippen LogP contribution is 2.38. The second-order valence-electron chi connectivity index (χ2n) is 5.40. The number of nitrogens with two attached hydrogens (primary N) is 1. The largest absolute Gasteiger partial charge is 0.396 e. The number of nitrogens with one attached hydrogen (secondary N) is 1. The lowest BCUT2D eigenvalue weighted by atomic mass is 9.90. The van der Waals surface area contributed by atoms with Crippen molar-refractivity contribution in [2.45, 2.75) is 57.5 Å². The predicted octanol–water partition coefficient (Wildman–Crippen LogP) is 0.781. The zero-order chi connectivity index (χ0) is 12.4. The first-order valence-electron chi connectivity index (χ1n) is 6.08. The lowest BCUT2D eigenvalue weighted by Crippen LogP contribution is -2.59. The van der Waals surface area contributed by atoms with E-state index in [1.165, 1.54) is 0 Å². The molecule has 0 saturated heterocycles. The average Bonchev–Trinajstić information content (AvgIpc) is 3.01. The van der Waals surface area contributed by atoms with Crippen molar-refractivity contribution in [1.29, 1.82) is 0 Å². The Hall–Kier alpha value is -0.610. The fraction of sp³-hybridized carbons (Fsp3) is 0.917. The third-order valence-corrected chi connectivity index (χ3v) is 3.77. The number of aliphatic hydroxyl groups excluding tert-OH is 1. The molecule has 4 N–H and O–H groups in total. The average molecular weight is 228 g/mol. The molecular weight excluding hydrogens is 204 g/mol. The number of amides is 1. The van der Waals surface area contributed by atoms with Crippen molar-refractivity contribution in [1.82, 2.24) is 5.32 Å². The summed E-state index contributed by atoms with van der Waals surface area (Å²) in [6.45, 7) is 5.83. The van der Waals surface area contributed by atoms with Crippen molar-refractivity contribution >= 4 is 5.91 Å². The summed E-state index contributed by atoms with van der Waals surface area (Å²) >= 11 is 0. The number of aliphatic hydroxyl groups is 1. The summed E-state index contributed by atoms with van der Waals surface area (Å²) < 4.78 is 0. The SMILES string of the molecule is CCC(C)(CCO)NC(=O)C(C)(N)C1CC1. The van der Waals surface area contributed by atoms with Crippen molar-refractivity contribution in [3.8, 4) is 0 Å². The smallest absolute Gasteiger partial charge is 0.240 e. The Morgan fingerprint density at radius 1 is 1.50 bits per heavy atom. The number of carbonyl (C=O) groups is 1. The maximum Gasteiger partial charge on any atom is 0.240 e. The lowest BCUT2D eigenvalue weighted by molar-refractivity contribution is -0.128. The van der Waals surface area contributed by atoms with Gasteiger partial charge in [-0.25, -0.2) is 0 Å². The minimum atomic E-state index is -0.758. The van der Waals surface area contributed by atoms with E-state index >= 15 is 0 Å².